The van der Waals surface area contributed by atoms with E-state index in [4.69, 9.17) is 9.26 Å². The van der Waals surface area contributed by atoms with Gasteiger partial charge in [-0.25, -0.2) is 4.79 Å². The Morgan fingerprint density at radius 3 is 2.31 bits per heavy atom. The van der Waals surface area contributed by atoms with Gasteiger partial charge in [0.05, 0.1) is 5.56 Å². The summed E-state index contributed by atoms with van der Waals surface area (Å²) in [6.45, 7) is 0. The summed E-state index contributed by atoms with van der Waals surface area (Å²) in [6.07, 6.45) is 3.08. The van der Waals surface area contributed by atoms with Gasteiger partial charge < -0.3 is 9.26 Å². The maximum absolute atomic E-state index is 12.0. The van der Waals surface area contributed by atoms with Crippen molar-refractivity contribution >= 4 is 5.97 Å². The number of esters is 1. The number of hydrogen-bond donors (Lipinski definition) is 0. The first kappa shape index (κ1) is 15.7. The summed E-state index contributed by atoms with van der Waals surface area (Å²) in [5.41, 5.74) is 2.06. The Hall–Kier alpha value is -3.80. The lowest BCUT2D eigenvalue weighted by Gasteiger charge is -2.04. The van der Waals surface area contributed by atoms with Gasteiger partial charge >= 0.3 is 5.97 Å². The molecule has 126 valence electrons. The van der Waals surface area contributed by atoms with Gasteiger partial charge in [-0.15, -0.1) is 0 Å². The summed E-state index contributed by atoms with van der Waals surface area (Å²) in [5.74, 6) is 0.915. The molecule has 2 aromatic heterocycles. The van der Waals surface area contributed by atoms with E-state index in [0.29, 0.717) is 23.0 Å². The van der Waals surface area contributed by atoms with E-state index in [-0.39, 0.29) is 0 Å². The SMILES string of the molecule is O=C(Oc1ccc(-c2noc(-c3ccccc3)n2)cc1)c1ccncc1. The average molecular weight is 343 g/mol. The van der Waals surface area contributed by atoms with Crippen LogP contribution in [0.1, 0.15) is 10.4 Å². The van der Waals surface area contributed by atoms with Crippen molar-refractivity contribution in [3.05, 3.63) is 84.7 Å². The van der Waals surface area contributed by atoms with E-state index in [1.54, 1.807) is 48.8 Å². The third-order valence-electron chi connectivity index (χ3n) is 3.69. The molecule has 0 bridgehead atoms. The van der Waals surface area contributed by atoms with Crippen LogP contribution in [0, 0.1) is 0 Å². The van der Waals surface area contributed by atoms with Gasteiger partial charge in [0.1, 0.15) is 5.75 Å². The lowest BCUT2D eigenvalue weighted by atomic mass is 10.2. The van der Waals surface area contributed by atoms with Crippen LogP contribution < -0.4 is 4.74 Å². The average Bonchev–Trinajstić information content (AvgIpc) is 3.20. The van der Waals surface area contributed by atoms with Gasteiger partial charge in [0.25, 0.3) is 5.89 Å². The zero-order chi connectivity index (χ0) is 17.8. The molecule has 6 nitrogen and oxygen atoms in total. The summed E-state index contributed by atoms with van der Waals surface area (Å²) < 4.78 is 10.6. The van der Waals surface area contributed by atoms with Crippen molar-refractivity contribution in [3.63, 3.8) is 0 Å². The Morgan fingerprint density at radius 1 is 0.846 bits per heavy atom. The van der Waals surface area contributed by atoms with Crippen molar-refractivity contribution in [1.82, 2.24) is 15.1 Å². The molecule has 4 rings (SSSR count). The summed E-state index contributed by atoms with van der Waals surface area (Å²) in [6, 6.07) is 19.7. The third kappa shape index (κ3) is 3.34. The zero-order valence-electron chi connectivity index (χ0n) is 13.6. The molecule has 6 heteroatoms. The minimum absolute atomic E-state index is 0.433. The monoisotopic (exact) mass is 343 g/mol. The molecule has 2 heterocycles. The molecule has 26 heavy (non-hydrogen) atoms. The highest BCUT2D eigenvalue weighted by Crippen LogP contribution is 2.24. The number of carbonyl (C=O) groups excluding carboxylic acids is 1. The molecule has 0 aliphatic heterocycles. The van der Waals surface area contributed by atoms with Crippen LogP contribution in [-0.2, 0) is 0 Å². The molecule has 0 amide bonds. The van der Waals surface area contributed by atoms with Gasteiger partial charge in [-0.2, -0.15) is 4.98 Å². The van der Waals surface area contributed by atoms with Crippen molar-refractivity contribution < 1.29 is 14.1 Å². The maximum Gasteiger partial charge on any atom is 0.343 e. The topological polar surface area (TPSA) is 78.1 Å². The lowest BCUT2D eigenvalue weighted by Crippen LogP contribution is -2.08. The second-order valence-electron chi connectivity index (χ2n) is 5.44. The van der Waals surface area contributed by atoms with E-state index in [0.717, 1.165) is 11.1 Å². The summed E-state index contributed by atoms with van der Waals surface area (Å²) >= 11 is 0. The van der Waals surface area contributed by atoms with Crippen molar-refractivity contribution in [3.8, 4) is 28.6 Å². The molecule has 0 unspecified atom stereocenters. The van der Waals surface area contributed by atoms with Crippen molar-refractivity contribution in [1.29, 1.82) is 0 Å². The first-order chi connectivity index (χ1) is 12.8. The fraction of sp³-hybridized carbons (Fsp3) is 0. The van der Waals surface area contributed by atoms with Gasteiger partial charge in [-0.05, 0) is 48.5 Å². The van der Waals surface area contributed by atoms with Gasteiger partial charge in [-0.1, -0.05) is 23.4 Å². The van der Waals surface area contributed by atoms with Gasteiger partial charge in [0, 0.05) is 23.5 Å². The van der Waals surface area contributed by atoms with Crippen LogP contribution in [0.3, 0.4) is 0 Å². The van der Waals surface area contributed by atoms with Crippen LogP contribution in [0.5, 0.6) is 5.75 Å². The number of pyridine rings is 1. The second-order valence-corrected chi connectivity index (χ2v) is 5.44. The van der Waals surface area contributed by atoms with E-state index in [2.05, 4.69) is 15.1 Å². The van der Waals surface area contributed by atoms with E-state index in [1.807, 2.05) is 30.3 Å². The van der Waals surface area contributed by atoms with E-state index in [9.17, 15) is 4.79 Å². The maximum atomic E-state index is 12.0. The lowest BCUT2D eigenvalue weighted by molar-refractivity contribution is 0.0734. The largest absolute Gasteiger partial charge is 0.423 e. The first-order valence-corrected chi connectivity index (χ1v) is 7.91. The molecule has 0 saturated heterocycles. The molecule has 0 atom stereocenters. The molecule has 2 aromatic carbocycles. The molecule has 4 aromatic rings. The number of aromatic nitrogens is 3. The standard InChI is InChI=1S/C20H13N3O3/c24-20(16-10-12-21-13-11-16)25-17-8-6-14(7-9-17)18-22-19(26-23-18)15-4-2-1-3-5-15/h1-13H. The second kappa shape index (κ2) is 6.98. The number of benzene rings is 2. The molecule has 0 spiro atoms. The summed E-state index contributed by atoms with van der Waals surface area (Å²) in [5, 5.41) is 4.00. The Balaban J connectivity index is 1.50. The molecular formula is C20H13N3O3. The van der Waals surface area contributed by atoms with Gasteiger partial charge in [-0.3, -0.25) is 4.98 Å². The molecule has 0 aliphatic carbocycles. The Morgan fingerprint density at radius 2 is 1.58 bits per heavy atom. The Bertz CT molecular complexity index is 1010. The predicted molar refractivity (Wildman–Crippen MR) is 94.4 cm³/mol. The predicted octanol–water partition coefficient (Wildman–Crippen LogP) is 4.02. The molecule has 0 aliphatic rings. The minimum atomic E-state index is -0.439. The highest BCUT2D eigenvalue weighted by atomic mass is 16.5. The van der Waals surface area contributed by atoms with Crippen LogP contribution in [0.15, 0.2) is 83.6 Å². The number of hydrogen-bond acceptors (Lipinski definition) is 6. The molecule has 0 N–H and O–H groups in total. The smallest absolute Gasteiger partial charge is 0.343 e. The van der Waals surface area contributed by atoms with Gasteiger partial charge in [0.2, 0.25) is 5.82 Å². The summed E-state index contributed by atoms with van der Waals surface area (Å²) in [4.78, 5) is 20.3. The Labute approximate surface area is 149 Å². The van der Waals surface area contributed by atoms with Gasteiger partial charge in [0.15, 0.2) is 0 Å². The number of ether oxygens (including phenoxy) is 1. The van der Waals surface area contributed by atoms with E-state index in [1.165, 1.54) is 0 Å². The number of nitrogens with zero attached hydrogens (tertiary/aromatic N) is 3. The van der Waals surface area contributed by atoms with Crippen LogP contribution in [0.2, 0.25) is 0 Å². The minimum Gasteiger partial charge on any atom is -0.423 e. The zero-order valence-corrected chi connectivity index (χ0v) is 13.6. The van der Waals surface area contributed by atoms with E-state index < -0.39 is 5.97 Å². The molecule has 0 radical (unpaired) electrons. The number of carbonyl (C=O) groups is 1. The normalized spacial score (nSPS) is 10.5. The molecule has 0 fully saturated rings. The molecular weight excluding hydrogens is 330 g/mol. The fourth-order valence-electron chi connectivity index (χ4n) is 2.36. The van der Waals surface area contributed by atoms with Crippen LogP contribution >= 0.6 is 0 Å². The van der Waals surface area contributed by atoms with Crippen LogP contribution in [0.25, 0.3) is 22.8 Å². The highest BCUT2D eigenvalue weighted by Gasteiger charge is 2.12. The first-order valence-electron chi connectivity index (χ1n) is 7.91. The number of rotatable bonds is 4. The van der Waals surface area contributed by atoms with Crippen molar-refractivity contribution in [2.24, 2.45) is 0 Å². The Kier molecular flexibility index (Phi) is 4.22. The van der Waals surface area contributed by atoms with E-state index >= 15 is 0 Å². The summed E-state index contributed by atoms with van der Waals surface area (Å²) in [7, 11) is 0. The van der Waals surface area contributed by atoms with Crippen molar-refractivity contribution in [2.45, 2.75) is 0 Å². The van der Waals surface area contributed by atoms with Crippen molar-refractivity contribution in [2.75, 3.05) is 0 Å². The van der Waals surface area contributed by atoms with Crippen LogP contribution in [0.4, 0.5) is 0 Å². The quantitative estimate of drug-likeness (QED) is 0.411. The highest BCUT2D eigenvalue weighted by molar-refractivity contribution is 5.90. The fourth-order valence-corrected chi connectivity index (χ4v) is 2.36. The third-order valence-corrected chi connectivity index (χ3v) is 3.69. The van der Waals surface area contributed by atoms with Crippen LogP contribution in [-0.4, -0.2) is 21.1 Å². The molecule has 0 saturated carbocycles.